The van der Waals surface area contributed by atoms with Gasteiger partial charge in [-0.3, -0.25) is 0 Å². The topological polar surface area (TPSA) is 53.1 Å². The molecule has 1 heterocycles. The number of hydrogen-bond donors (Lipinski definition) is 2. The minimum Gasteiger partial charge on any atom is -0.362 e. The van der Waals surface area contributed by atoms with Gasteiger partial charge in [-0.15, -0.1) is 0 Å². The van der Waals surface area contributed by atoms with E-state index in [-0.39, 0.29) is 0 Å². The van der Waals surface area contributed by atoms with Crippen molar-refractivity contribution in [1.82, 2.24) is 15.3 Å². The van der Waals surface area contributed by atoms with Crippen LogP contribution in [0.2, 0.25) is 5.02 Å². The van der Waals surface area contributed by atoms with E-state index in [2.05, 4.69) is 39.8 Å². The molecule has 0 bridgehead atoms. The predicted octanol–water partition coefficient (Wildman–Crippen LogP) is 5.11. The molecular formula is C24H30ClN5. The number of benzene rings is 2. The van der Waals surface area contributed by atoms with Gasteiger partial charge < -0.3 is 15.5 Å². The molecule has 1 saturated carbocycles. The number of para-hydroxylation sites is 1. The van der Waals surface area contributed by atoms with Gasteiger partial charge in [0.25, 0.3) is 0 Å². The fourth-order valence-electron chi connectivity index (χ4n) is 4.18. The van der Waals surface area contributed by atoms with E-state index in [0.29, 0.717) is 6.04 Å². The van der Waals surface area contributed by atoms with Gasteiger partial charge >= 0.3 is 0 Å². The summed E-state index contributed by atoms with van der Waals surface area (Å²) < 4.78 is 0. The van der Waals surface area contributed by atoms with Gasteiger partial charge in [-0.25, -0.2) is 4.98 Å². The molecule has 4 rings (SSSR count). The van der Waals surface area contributed by atoms with Crippen molar-refractivity contribution in [2.24, 2.45) is 5.92 Å². The van der Waals surface area contributed by atoms with Crippen molar-refractivity contribution in [3.8, 4) is 0 Å². The van der Waals surface area contributed by atoms with Crippen LogP contribution in [-0.4, -0.2) is 36.6 Å². The third kappa shape index (κ3) is 5.21. The Morgan fingerprint density at radius 2 is 1.70 bits per heavy atom. The van der Waals surface area contributed by atoms with E-state index in [9.17, 15) is 0 Å². The zero-order chi connectivity index (χ0) is 20.9. The number of anilines is 2. The number of hydrogen-bond acceptors (Lipinski definition) is 5. The minimum absolute atomic E-state index is 0.439. The molecule has 30 heavy (non-hydrogen) atoms. The Balaban J connectivity index is 1.29. The second-order valence-electron chi connectivity index (χ2n) is 8.40. The Morgan fingerprint density at radius 1 is 0.967 bits per heavy atom. The second-order valence-corrected chi connectivity index (χ2v) is 8.84. The SMILES string of the molecule is CN(C)c1nc(NC2CCC(CNCc3ccc(Cl)cc3)CC2)nc2ccccc12. The largest absolute Gasteiger partial charge is 0.362 e. The molecule has 0 radical (unpaired) electrons. The Kier molecular flexibility index (Phi) is 6.70. The normalized spacial score (nSPS) is 19.0. The maximum Gasteiger partial charge on any atom is 0.225 e. The van der Waals surface area contributed by atoms with Gasteiger partial charge in [0.1, 0.15) is 5.82 Å². The molecule has 2 N–H and O–H groups in total. The molecular weight excluding hydrogens is 394 g/mol. The first-order valence-electron chi connectivity index (χ1n) is 10.7. The lowest BCUT2D eigenvalue weighted by Crippen LogP contribution is -2.31. The Bertz CT molecular complexity index is 965. The van der Waals surface area contributed by atoms with Crippen molar-refractivity contribution < 1.29 is 0 Å². The highest BCUT2D eigenvalue weighted by atomic mass is 35.5. The highest BCUT2D eigenvalue weighted by molar-refractivity contribution is 6.30. The van der Waals surface area contributed by atoms with Crippen LogP contribution in [0.4, 0.5) is 11.8 Å². The summed E-state index contributed by atoms with van der Waals surface area (Å²) in [4.78, 5) is 11.6. The van der Waals surface area contributed by atoms with Gasteiger partial charge in [0.2, 0.25) is 5.95 Å². The number of rotatable bonds is 7. The average Bonchev–Trinajstić information content (AvgIpc) is 2.76. The Morgan fingerprint density at radius 3 is 2.43 bits per heavy atom. The second kappa shape index (κ2) is 9.63. The van der Waals surface area contributed by atoms with E-state index in [1.807, 2.05) is 38.4 Å². The summed E-state index contributed by atoms with van der Waals surface area (Å²) in [6.45, 7) is 1.96. The van der Waals surface area contributed by atoms with Gasteiger partial charge in [-0.1, -0.05) is 35.9 Å². The van der Waals surface area contributed by atoms with Crippen LogP contribution in [0.1, 0.15) is 31.2 Å². The molecule has 0 saturated heterocycles. The molecule has 0 spiro atoms. The quantitative estimate of drug-likeness (QED) is 0.553. The zero-order valence-electron chi connectivity index (χ0n) is 17.7. The summed E-state index contributed by atoms with van der Waals surface area (Å²) in [5.74, 6) is 2.43. The van der Waals surface area contributed by atoms with Gasteiger partial charge in [-0.05, 0) is 68.0 Å². The smallest absolute Gasteiger partial charge is 0.225 e. The fraction of sp³-hybridized carbons (Fsp3) is 0.417. The Labute approximate surface area is 183 Å². The molecule has 1 fully saturated rings. The first kappa shape index (κ1) is 20.9. The summed E-state index contributed by atoms with van der Waals surface area (Å²) in [5.41, 5.74) is 2.26. The Hall–Kier alpha value is -2.37. The molecule has 0 amide bonds. The van der Waals surface area contributed by atoms with Crippen LogP contribution in [0.15, 0.2) is 48.5 Å². The van der Waals surface area contributed by atoms with Crippen molar-refractivity contribution in [2.75, 3.05) is 30.9 Å². The number of halogens is 1. The maximum absolute atomic E-state index is 5.95. The average molecular weight is 424 g/mol. The number of nitrogens with one attached hydrogen (secondary N) is 2. The first-order valence-corrected chi connectivity index (χ1v) is 11.1. The fourth-order valence-corrected chi connectivity index (χ4v) is 4.31. The molecule has 1 aliphatic carbocycles. The van der Waals surface area contributed by atoms with Crippen LogP contribution in [0, 0.1) is 5.92 Å². The van der Waals surface area contributed by atoms with Crippen LogP contribution in [-0.2, 0) is 6.54 Å². The number of aromatic nitrogens is 2. The summed E-state index contributed by atoms with van der Waals surface area (Å²) in [5, 5.41) is 9.07. The molecule has 2 aromatic carbocycles. The van der Waals surface area contributed by atoms with Gasteiger partial charge in [0.05, 0.1) is 5.52 Å². The van der Waals surface area contributed by atoms with Crippen molar-refractivity contribution >= 4 is 34.3 Å². The van der Waals surface area contributed by atoms with Crippen LogP contribution < -0.4 is 15.5 Å². The maximum atomic E-state index is 5.95. The molecule has 1 aromatic heterocycles. The lowest BCUT2D eigenvalue weighted by Gasteiger charge is -2.29. The molecule has 158 valence electrons. The monoisotopic (exact) mass is 423 g/mol. The molecule has 0 atom stereocenters. The van der Waals surface area contributed by atoms with Crippen molar-refractivity contribution in [1.29, 1.82) is 0 Å². The van der Waals surface area contributed by atoms with Crippen LogP contribution in [0.3, 0.4) is 0 Å². The molecule has 0 aliphatic heterocycles. The zero-order valence-corrected chi connectivity index (χ0v) is 18.5. The van der Waals surface area contributed by atoms with E-state index < -0.39 is 0 Å². The van der Waals surface area contributed by atoms with Crippen molar-refractivity contribution in [3.63, 3.8) is 0 Å². The van der Waals surface area contributed by atoms with Gasteiger partial charge in [-0.2, -0.15) is 4.98 Å². The first-order chi connectivity index (χ1) is 14.6. The van der Waals surface area contributed by atoms with E-state index in [1.54, 1.807) is 0 Å². The van der Waals surface area contributed by atoms with E-state index in [0.717, 1.165) is 59.5 Å². The summed E-state index contributed by atoms with van der Waals surface area (Å²) in [6, 6.07) is 16.7. The molecule has 5 nitrogen and oxygen atoms in total. The number of fused-ring (bicyclic) bond motifs is 1. The van der Waals surface area contributed by atoms with Crippen molar-refractivity contribution in [2.45, 2.75) is 38.3 Å². The highest BCUT2D eigenvalue weighted by Crippen LogP contribution is 2.28. The summed E-state index contributed by atoms with van der Waals surface area (Å²) in [7, 11) is 4.06. The predicted molar refractivity (Wildman–Crippen MR) is 126 cm³/mol. The lowest BCUT2D eigenvalue weighted by atomic mass is 9.86. The third-order valence-electron chi connectivity index (χ3n) is 5.86. The van der Waals surface area contributed by atoms with E-state index >= 15 is 0 Å². The van der Waals surface area contributed by atoms with Crippen LogP contribution in [0.5, 0.6) is 0 Å². The molecule has 3 aromatic rings. The van der Waals surface area contributed by atoms with Gasteiger partial charge in [0, 0.05) is 37.1 Å². The third-order valence-corrected chi connectivity index (χ3v) is 6.11. The summed E-state index contributed by atoms with van der Waals surface area (Å²) in [6.07, 6.45) is 4.75. The number of nitrogens with zero attached hydrogens (tertiary/aromatic N) is 3. The van der Waals surface area contributed by atoms with Crippen LogP contribution >= 0.6 is 11.6 Å². The van der Waals surface area contributed by atoms with Crippen LogP contribution in [0.25, 0.3) is 10.9 Å². The summed E-state index contributed by atoms with van der Waals surface area (Å²) >= 11 is 5.95. The lowest BCUT2D eigenvalue weighted by molar-refractivity contribution is 0.324. The standard InChI is InChI=1S/C24H30ClN5/c1-30(2)23-21-5-3-4-6-22(21)28-24(29-23)27-20-13-9-18(10-14-20)16-26-15-17-7-11-19(25)12-8-17/h3-8,11-12,18,20,26H,9-10,13-16H2,1-2H3,(H,27,28,29). The van der Waals surface area contributed by atoms with Gasteiger partial charge in [0.15, 0.2) is 0 Å². The van der Waals surface area contributed by atoms with Crippen molar-refractivity contribution in [3.05, 3.63) is 59.1 Å². The van der Waals surface area contributed by atoms with E-state index in [1.165, 1.54) is 18.4 Å². The molecule has 1 aliphatic rings. The molecule has 6 heteroatoms. The minimum atomic E-state index is 0.439. The molecule has 0 unspecified atom stereocenters. The van der Waals surface area contributed by atoms with E-state index in [4.69, 9.17) is 21.6 Å². The highest BCUT2D eigenvalue weighted by Gasteiger charge is 2.22.